The average Bonchev–Trinajstić information content (AvgIpc) is 3.05. The SMILES string of the molecule is O=C(CSc1nnc(-c2ccccc2)o1)Nc1ccc(Br)cc1Br. The van der Waals surface area contributed by atoms with Crippen LogP contribution >= 0.6 is 43.6 Å². The molecule has 0 saturated heterocycles. The molecule has 1 N–H and O–H groups in total. The van der Waals surface area contributed by atoms with Crippen LogP contribution in [0, 0.1) is 0 Å². The highest BCUT2D eigenvalue weighted by Crippen LogP contribution is 2.27. The summed E-state index contributed by atoms with van der Waals surface area (Å²) in [5.41, 5.74) is 1.55. The van der Waals surface area contributed by atoms with Crippen molar-refractivity contribution in [3.63, 3.8) is 0 Å². The molecule has 0 atom stereocenters. The summed E-state index contributed by atoms with van der Waals surface area (Å²) < 4.78 is 7.29. The highest BCUT2D eigenvalue weighted by atomic mass is 79.9. The average molecular weight is 469 g/mol. The molecule has 0 spiro atoms. The first-order valence-electron chi connectivity index (χ1n) is 6.88. The highest BCUT2D eigenvalue weighted by molar-refractivity contribution is 9.11. The Morgan fingerprint density at radius 2 is 1.92 bits per heavy atom. The van der Waals surface area contributed by atoms with Gasteiger partial charge in [-0.05, 0) is 46.3 Å². The molecule has 0 unspecified atom stereocenters. The molecule has 0 fully saturated rings. The summed E-state index contributed by atoms with van der Waals surface area (Å²) in [5, 5.41) is 11.1. The van der Waals surface area contributed by atoms with Crippen molar-refractivity contribution in [2.45, 2.75) is 5.22 Å². The van der Waals surface area contributed by atoms with Crippen molar-refractivity contribution in [3.05, 3.63) is 57.5 Å². The first-order valence-corrected chi connectivity index (χ1v) is 9.45. The van der Waals surface area contributed by atoms with Crippen LogP contribution in [0.1, 0.15) is 0 Å². The second-order valence-corrected chi connectivity index (χ2v) is 7.40. The quantitative estimate of drug-likeness (QED) is 0.534. The number of hydrogen-bond donors (Lipinski definition) is 1. The van der Waals surface area contributed by atoms with Gasteiger partial charge >= 0.3 is 0 Å². The van der Waals surface area contributed by atoms with Gasteiger partial charge in [-0.25, -0.2) is 0 Å². The van der Waals surface area contributed by atoms with Gasteiger partial charge in [0.15, 0.2) is 0 Å². The molecular weight excluding hydrogens is 458 g/mol. The van der Waals surface area contributed by atoms with Crippen LogP contribution in [0.25, 0.3) is 11.5 Å². The topological polar surface area (TPSA) is 68.0 Å². The fourth-order valence-corrected chi connectivity index (χ4v) is 3.58. The summed E-state index contributed by atoms with van der Waals surface area (Å²) >= 11 is 7.97. The van der Waals surface area contributed by atoms with Gasteiger partial charge in [-0.15, -0.1) is 10.2 Å². The molecule has 1 heterocycles. The largest absolute Gasteiger partial charge is 0.411 e. The van der Waals surface area contributed by atoms with E-state index >= 15 is 0 Å². The van der Waals surface area contributed by atoms with Crippen LogP contribution in [0.3, 0.4) is 0 Å². The zero-order chi connectivity index (χ0) is 16.9. The van der Waals surface area contributed by atoms with Crippen LogP contribution < -0.4 is 5.32 Å². The summed E-state index contributed by atoms with van der Waals surface area (Å²) in [5.74, 6) is 0.468. The molecule has 1 amide bonds. The van der Waals surface area contributed by atoms with Gasteiger partial charge in [-0.1, -0.05) is 45.9 Å². The van der Waals surface area contributed by atoms with Crippen molar-refractivity contribution >= 4 is 55.2 Å². The normalized spacial score (nSPS) is 10.6. The maximum atomic E-state index is 12.0. The van der Waals surface area contributed by atoms with Crippen LogP contribution in [0.15, 0.2) is 67.1 Å². The van der Waals surface area contributed by atoms with E-state index < -0.39 is 0 Å². The number of hydrogen-bond acceptors (Lipinski definition) is 5. The molecule has 2 aromatic carbocycles. The van der Waals surface area contributed by atoms with E-state index in [9.17, 15) is 4.79 Å². The smallest absolute Gasteiger partial charge is 0.277 e. The summed E-state index contributed by atoms with van der Waals surface area (Å²) in [6, 6.07) is 15.0. The Bertz CT molecular complexity index is 856. The zero-order valence-corrected chi connectivity index (χ0v) is 16.2. The molecule has 122 valence electrons. The van der Waals surface area contributed by atoms with Gasteiger partial charge in [0.25, 0.3) is 5.22 Å². The highest BCUT2D eigenvalue weighted by Gasteiger charge is 2.12. The molecule has 0 radical (unpaired) electrons. The Labute approximate surface area is 159 Å². The van der Waals surface area contributed by atoms with Gasteiger partial charge in [-0.3, -0.25) is 4.79 Å². The Hall–Kier alpha value is -1.64. The first kappa shape index (κ1) is 17.2. The molecule has 0 bridgehead atoms. The molecule has 0 saturated carbocycles. The summed E-state index contributed by atoms with van der Waals surface area (Å²) in [4.78, 5) is 12.0. The summed E-state index contributed by atoms with van der Waals surface area (Å²) in [6.45, 7) is 0. The van der Waals surface area contributed by atoms with Crippen molar-refractivity contribution in [2.24, 2.45) is 0 Å². The van der Waals surface area contributed by atoms with E-state index in [-0.39, 0.29) is 11.7 Å². The third kappa shape index (κ3) is 4.46. The minimum absolute atomic E-state index is 0.150. The third-order valence-electron chi connectivity index (χ3n) is 2.96. The number of thioether (sulfide) groups is 1. The third-order valence-corrected chi connectivity index (χ3v) is 4.93. The fourth-order valence-electron chi connectivity index (χ4n) is 1.87. The second kappa shape index (κ2) is 7.96. The number of anilines is 1. The second-order valence-electron chi connectivity index (χ2n) is 4.70. The summed E-state index contributed by atoms with van der Waals surface area (Å²) in [6.07, 6.45) is 0. The minimum Gasteiger partial charge on any atom is -0.411 e. The maximum absolute atomic E-state index is 12.0. The molecular formula is C16H11Br2N3O2S. The van der Waals surface area contributed by atoms with Gasteiger partial charge in [0, 0.05) is 14.5 Å². The number of carbonyl (C=O) groups is 1. The molecule has 0 aliphatic carbocycles. The predicted octanol–water partition coefficient (Wildman–Crippen LogP) is 4.99. The monoisotopic (exact) mass is 467 g/mol. The standard InChI is InChI=1S/C16H11Br2N3O2S/c17-11-6-7-13(12(18)8-11)19-14(22)9-24-16-21-20-15(23-16)10-4-2-1-3-5-10/h1-8H,9H2,(H,19,22). The summed E-state index contributed by atoms with van der Waals surface area (Å²) in [7, 11) is 0. The number of amides is 1. The number of nitrogens with one attached hydrogen (secondary N) is 1. The molecule has 1 aromatic heterocycles. The number of nitrogens with zero attached hydrogens (tertiary/aromatic N) is 2. The van der Waals surface area contributed by atoms with E-state index in [0.29, 0.717) is 16.8 Å². The van der Waals surface area contributed by atoms with E-state index in [4.69, 9.17) is 4.42 Å². The number of aromatic nitrogens is 2. The number of carbonyl (C=O) groups excluding carboxylic acids is 1. The number of halogens is 2. The van der Waals surface area contributed by atoms with E-state index in [0.717, 1.165) is 14.5 Å². The van der Waals surface area contributed by atoms with Crippen LogP contribution in [0.2, 0.25) is 0 Å². The van der Waals surface area contributed by atoms with E-state index in [1.165, 1.54) is 11.8 Å². The van der Waals surface area contributed by atoms with Crippen molar-refractivity contribution in [1.29, 1.82) is 0 Å². The zero-order valence-electron chi connectivity index (χ0n) is 12.2. The van der Waals surface area contributed by atoms with Gasteiger partial charge in [0.05, 0.1) is 11.4 Å². The lowest BCUT2D eigenvalue weighted by Crippen LogP contribution is -2.14. The van der Waals surface area contributed by atoms with E-state index in [2.05, 4.69) is 47.4 Å². The number of rotatable bonds is 5. The lowest BCUT2D eigenvalue weighted by molar-refractivity contribution is -0.113. The van der Waals surface area contributed by atoms with Crippen molar-refractivity contribution < 1.29 is 9.21 Å². The van der Waals surface area contributed by atoms with Gasteiger partial charge < -0.3 is 9.73 Å². The van der Waals surface area contributed by atoms with Gasteiger partial charge in [-0.2, -0.15) is 0 Å². The molecule has 0 aliphatic heterocycles. The molecule has 3 aromatic rings. The van der Waals surface area contributed by atoms with Crippen molar-refractivity contribution in [1.82, 2.24) is 10.2 Å². The fraction of sp³-hybridized carbons (Fsp3) is 0.0625. The molecule has 24 heavy (non-hydrogen) atoms. The number of benzene rings is 2. The maximum Gasteiger partial charge on any atom is 0.277 e. The van der Waals surface area contributed by atoms with E-state index in [1.807, 2.05) is 48.5 Å². The molecule has 3 rings (SSSR count). The lowest BCUT2D eigenvalue weighted by Gasteiger charge is -2.06. The lowest BCUT2D eigenvalue weighted by atomic mass is 10.2. The van der Waals surface area contributed by atoms with Crippen LogP contribution in [0.4, 0.5) is 5.69 Å². The van der Waals surface area contributed by atoms with Crippen molar-refractivity contribution in [2.75, 3.05) is 11.1 Å². The molecule has 8 heteroatoms. The van der Waals surface area contributed by atoms with Crippen molar-refractivity contribution in [3.8, 4) is 11.5 Å². The Balaban J connectivity index is 1.58. The van der Waals surface area contributed by atoms with Gasteiger partial charge in [0.1, 0.15) is 0 Å². The predicted molar refractivity (Wildman–Crippen MR) is 101 cm³/mol. The Morgan fingerprint density at radius 1 is 1.12 bits per heavy atom. The minimum atomic E-state index is -0.150. The van der Waals surface area contributed by atoms with E-state index in [1.54, 1.807) is 0 Å². The molecule has 5 nitrogen and oxygen atoms in total. The Morgan fingerprint density at radius 3 is 2.67 bits per heavy atom. The van der Waals surface area contributed by atoms with Crippen LogP contribution in [-0.2, 0) is 4.79 Å². The van der Waals surface area contributed by atoms with Crippen LogP contribution in [0.5, 0.6) is 0 Å². The van der Waals surface area contributed by atoms with Crippen LogP contribution in [-0.4, -0.2) is 21.9 Å². The molecule has 0 aliphatic rings. The van der Waals surface area contributed by atoms with Gasteiger partial charge in [0.2, 0.25) is 11.8 Å². The first-order chi connectivity index (χ1) is 11.6. The Kier molecular flexibility index (Phi) is 5.70.